The highest BCUT2D eigenvalue weighted by Crippen LogP contribution is 2.58. The molecule has 12 aromatic rings. The van der Waals surface area contributed by atoms with E-state index in [1.165, 1.54) is 98.6 Å². The summed E-state index contributed by atoms with van der Waals surface area (Å²) in [6.45, 7) is 4.81. The third-order valence-corrected chi connectivity index (χ3v) is 14.4. The van der Waals surface area contributed by atoms with Crippen molar-refractivity contribution in [2.75, 3.05) is 9.80 Å². The average Bonchev–Trinajstić information content (AvgIpc) is 3.39. The number of benzene rings is 12. The quantitative estimate of drug-likeness (QED) is 0.154. The van der Waals surface area contributed by atoms with Crippen LogP contribution < -0.4 is 9.80 Å². The molecule has 12 aromatic carbocycles. The predicted octanol–water partition coefficient (Wildman–Crippen LogP) is 18.4. The van der Waals surface area contributed by atoms with Gasteiger partial charge in [-0.25, -0.2) is 0 Å². The summed E-state index contributed by atoms with van der Waals surface area (Å²) >= 11 is 0. The van der Waals surface area contributed by atoms with Crippen LogP contribution in [0.4, 0.5) is 34.1 Å². The predicted molar refractivity (Wildman–Crippen MR) is 286 cm³/mol. The molecule has 0 bridgehead atoms. The second-order valence-corrected chi connectivity index (χ2v) is 18.4. The molecular formula is C65H46N2. The first-order chi connectivity index (χ1) is 33.0. The molecule has 0 N–H and O–H groups in total. The Morgan fingerprint density at radius 1 is 0.343 bits per heavy atom. The van der Waals surface area contributed by atoms with Crippen LogP contribution in [-0.2, 0) is 5.41 Å². The van der Waals surface area contributed by atoms with E-state index in [2.05, 4.69) is 266 Å². The van der Waals surface area contributed by atoms with E-state index in [9.17, 15) is 0 Å². The van der Waals surface area contributed by atoms with Crippen LogP contribution in [0.1, 0.15) is 25.0 Å². The minimum atomic E-state index is -0.324. The minimum Gasteiger partial charge on any atom is -0.308 e. The third-order valence-electron chi connectivity index (χ3n) is 14.4. The number of anilines is 6. The lowest BCUT2D eigenvalue weighted by Gasteiger charge is -2.44. The molecule has 0 fully saturated rings. The van der Waals surface area contributed by atoms with Crippen molar-refractivity contribution >= 4 is 88.0 Å². The fraction of sp³-hybridized carbons (Fsp3) is 0.0462. The maximum Gasteiger partial charge on any atom is 0.0781 e. The van der Waals surface area contributed by atoms with Crippen LogP contribution in [0.2, 0.25) is 0 Å². The highest BCUT2D eigenvalue weighted by atomic mass is 15.2. The zero-order valence-corrected chi connectivity index (χ0v) is 37.5. The Kier molecular flexibility index (Phi) is 8.91. The minimum absolute atomic E-state index is 0.324. The number of hydrogen-bond acceptors (Lipinski definition) is 2. The lowest BCUT2D eigenvalue weighted by molar-refractivity contribution is 0.634. The van der Waals surface area contributed by atoms with Gasteiger partial charge >= 0.3 is 0 Å². The van der Waals surface area contributed by atoms with Gasteiger partial charge in [-0.1, -0.05) is 214 Å². The normalized spacial score (nSPS) is 13.0. The Morgan fingerprint density at radius 3 is 1.58 bits per heavy atom. The van der Waals surface area contributed by atoms with Crippen LogP contribution in [0.3, 0.4) is 0 Å². The molecule has 0 aliphatic carbocycles. The molecule has 1 aliphatic heterocycles. The van der Waals surface area contributed by atoms with Gasteiger partial charge < -0.3 is 9.80 Å². The smallest absolute Gasteiger partial charge is 0.0781 e. The van der Waals surface area contributed by atoms with Crippen LogP contribution in [0.25, 0.3) is 76.1 Å². The SMILES string of the molecule is CC1(C)c2ccccc2N(c2c(N(c3ccc(-c4ccccc4)cc3)c3ccc4c5ccccc5c5ccccc5c4c3)ccc3ccccc23)c2cccc(-c3cccc4ccccc34)c21. The zero-order valence-electron chi connectivity index (χ0n) is 37.5. The molecule has 0 amide bonds. The van der Waals surface area contributed by atoms with E-state index in [-0.39, 0.29) is 5.41 Å². The fourth-order valence-corrected chi connectivity index (χ4v) is 11.3. The molecule has 2 heteroatoms. The summed E-state index contributed by atoms with van der Waals surface area (Å²) in [7, 11) is 0. The fourth-order valence-electron chi connectivity index (χ4n) is 11.3. The molecule has 316 valence electrons. The summed E-state index contributed by atoms with van der Waals surface area (Å²) in [5.41, 5.74) is 13.9. The Hall–Kier alpha value is -8.46. The topological polar surface area (TPSA) is 6.48 Å². The van der Waals surface area contributed by atoms with Gasteiger partial charge in [0.05, 0.1) is 22.7 Å². The van der Waals surface area contributed by atoms with E-state index < -0.39 is 0 Å². The van der Waals surface area contributed by atoms with Crippen LogP contribution in [-0.4, -0.2) is 0 Å². The Labute approximate surface area is 391 Å². The first kappa shape index (κ1) is 39.0. The van der Waals surface area contributed by atoms with Gasteiger partial charge in [0, 0.05) is 22.2 Å². The standard InChI is InChI=1S/C65H46N2/c1-65(2)59-31-14-15-32-60(59)67(61-33-17-30-57(63(61)65)51-29-16-22-45-20-6-8-23-49(45)51)64-50-24-9-7-21-46(50)36-41-62(64)66(47-37-34-44(35-38-47)43-18-4-3-5-19-43)48-39-40-56-54-27-11-10-25-52(54)53-26-12-13-28-55(53)58(56)42-48/h3-42H,1-2H3. The van der Waals surface area contributed by atoms with Crippen molar-refractivity contribution in [1.29, 1.82) is 0 Å². The van der Waals surface area contributed by atoms with Gasteiger partial charge in [0.15, 0.2) is 0 Å². The van der Waals surface area contributed by atoms with Gasteiger partial charge in [-0.3, -0.25) is 0 Å². The average molecular weight is 855 g/mol. The molecule has 13 rings (SSSR count). The van der Waals surface area contributed by atoms with Gasteiger partial charge in [0.2, 0.25) is 0 Å². The molecule has 0 aromatic heterocycles. The maximum atomic E-state index is 2.58. The second-order valence-electron chi connectivity index (χ2n) is 18.4. The lowest BCUT2D eigenvalue weighted by Crippen LogP contribution is -2.32. The van der Waals surface area contributed by atoms with Crippen molar-refractivity contribution in [2.45, 2.75) is 19.3 Å². The first-order valence-corrected chi connectivity index (χ1v) is 23.3. The van der Waals surface area contributed by atoms with E-state index in [1.54, 1.807) is 0 Å². The Bertz CT molecular complexity index is 3860. The molecule has 0 atom stereocenters. The van der Waals surface area contributed by atoms with Crippen molar-refractivity contribution in [2.24, 2.45) is 0 Å². The van der Waals surface area contributed by atoms with Gasteiger partial charge in [-0.2, -0.15) is 0 Å². The van der Waals surface area contributed by atoms with E-state index in [0.29, 0.717) is 0 Å². The molecule has 2 nitrogen and oxygen atoms in total. The molecule has 0 saturated heterocycles. The van der Waals surface area contributed by atoms with Gasteiger partial charge in [0.25, 0.3) is 0 Å². The van der Waals surface area contributed by atoms with E-state index >= 15 is 0 Å². The Morgan fingerprint density at radius 2 is 0.851 bits per heavy atom. The summed E-state index contributed by atoms with van der Waals surface area (Å²) in [6.07, 6.45) is 0. The van der Waals surface area contributed by atoms with Crippen LogP contribution in [0.15, 0.2) is 243 Å². The van der Waals surface area contributed by atoms with Gasteiger partial charge in [-0.15, -0.1) is 0 Å². The van der Waals surface area contributed by atoms with Crippen molar-refractivity contribution in [1.82, 2.24) is 0 Å². The van der Waals surface area contributed by atoms with Crippen LogP contribution in [0.5, 0.6) is 0 Å². The number of hydrogen-bond donors (Lipinski definition) is 0. The number of fused-ring (bicyclic) bond motifs is 10. The van der Waals surface area contributed by atoms with Gasteiger partial charge in [0.1, 0.15) is 0 Å². The van der Waals surface area contributed by atoms with Crippen molar-refractivity contribution < 1.29 is 0 Å². The molecule has 67 heavy (non-hydrogen) atoms. The summed E-state index contributed by atoms with van der Waals surface area (Å²) in [4.78, 5) is 5.08. The van der Waals surface area contributed by atoms with E-state index in [1.807, 2.05) is 0 Å². The third kappa shape index (κ3) is 6.10. The summed E-state index contributed by atoms with van der Waals surface area (Å²) in [6, 6.07) is 89.7. The van der Waals surface area contributed by atoms with Crippen molar-refractivity contribution in [3.63, 3.8) is 0 Å². The number of nitrogens with zero attached hydrogens (tertiary/aromatic N) is 2. The molecule has 0 unspecified atom stereocenters. The monoisotopic (exact) mass is 854 g/mol. The highest BCUT2D eigenvalue weighted by molar-refractivity contribution is 6.26. The van der Waals surface area contributed by atoms with E-state index in [4.69, 9.17) is 0 Å². The summed E-state index contributed by atoms with van der Waals surface area (Å²) in [5.74, 6) is 0. The molecule has 1 aliphatic rings. The van der Waals surface area contributed by atoms with Gasteiger partial charge in [-0.05, 0) is 124 Å². The Balaban J connectivity index is 1.12. The van der Waals surface area contributed by atoms with Crippen LogP contribution in [0, 0.1) is 0 Å². The molecule has 0 saturated carbocycles. The summed E-state index contributed by atoms with van der Waals surface area (Å²) in [5, 5.41) is 12.4. The van der Waals surface area contributed by atoms with E-state index in [0.717, 1.165) is 22.7 Å². The number of para-hydroxylation sites is 1. The largest absolute Gasteiger partial charge is 0.308 e. The first-order valence-electron chi connectivity index (χ1n) is 23.3. The molecule has 0 spiro atoms. The van der Waals surface area contributed by atoms with Crippen molar-refractivity contribution in [3.05, 3.63) is 254 Å². The molecule has 1 heterocycles. The summed E-state index contributed by atoms with van der Waals surface area (Å²) < 4.78 is 0. The highest BCUT2D eigenvalue weighted by Gasteiger charge is 2.40. The maximum absolute atomic E-state index is 2.58. The molecular weight excluding hydrogens is 809 g/mol. The second kappa shape index (κ2) is 15.3. The van der Waals surface area contributed by atoms with Crippen LogP contribution >= 0.6 is 0 Å². The van der Waals surface area contributed by atoms with Crippen molar-refractivity contribution in [3.8, 4) is 22.3 Å². The lowest BCUT2D eigenvalue weighted by atomic mass is 9.70. The molecule has 0 radical (unpaired) electrons. The zero-order chi connectivity index (χ0) is 44.6. The number of rotatable bonds is 6.